The van der Waals surface area contributed by atoms with Crippen LogP contribution in [0.15, 0.2) is 42.2 Å². The third kappa shape index (κ3) is 3.23. The standard InChI is InChI=1S/C18H16N4O2S/c1-11(18-22-20-10-25-18)21-17(23)15-7-14(8-19-9-15)12-2-3-16-13(6-12)4-5-24-16/h2-3,6-11H,4-5H2,1H3,(H,21,23). The second-order valence-electron chi connectivity index (χ2n) is 5.86. The number of rotatable bonds is 4. The zero-order valence-corrected chi connectivity index (χ0v) is 14.4. The maximum atomic E-state index is 12.5. The lowest BCUT2D eigenvalue weighted by Gasteiger charge is -2.11. The minimum absolute atomic E-state index is 0.179. The second-order valence-corrected chi connectivity index (χ2v) is 6.72. The molecule has 1 unspecified atom stereocenters. The third-order valence-corrected chi connectivity index (χ3v) is 4.99. The molecule has 0 fully saturated rings. The van der Waals surface area contributed by atoms with Crippen LogP contribution in [0.4, 0.5) is 0 Å². The predicted octanol–water partition coefficient (Wildman–Crippen LogP) is 3.03. The fraction of sp³-hybridized carbons (Fsp3) is 0.222. The van der Waals surface area contributed by atoms with E-state index < -0.39 is 0 Å². The fourth-order valence-electron chi connectivity index (χ4n) is 2.80. The molecule has 0 aliphatic carbocycles. The molecule has 1 N–H and O–H groups in total. The number of amides is 1. The molecule has 4 rings (SSSR count). The molecule has 1 aliphatic rings. The molecule has 7 heteroatoms. The predicted molar refractivity (Wildman–Crippen MR) is 94.7 cm³/mol. The lowest BCUT2D eigenvalue weighted by atomic mass is 10.0. The summed E-state index contributed by atoms with van der Waals surface area (Å²) in [6.07, 6.45) is 4.25. The number of hydrogen-bond acceptors (Lipinski definition) is 6. The summed E-state index contributed by atoms with van der Waals surface area (Å²) in [6, 6.07) is 7.73. The number of benzene rings is 1. The first-order valence-corrected chi connectivity index (χ1v) is 8.87. The molecule has 3 aromatic rings. The Hall–Kier alpha value is -2.80. The summed E-state index contributed by atoms with van der Waals surface area (Å²) in [7, 11) is 0. The van der Waals surface area contributed by atoms with Gasteiger partial charge in [-0.15, -0.1) is 21.5 Å². The van der Waals surface area contributed by atoms with Crippen molar-refractivity contribution in [3.05, 3.63) is 58.3 Å². The van der Waals surface area contributed by atoms with E-state index >= 15 is 0 Å². The molecule has 0 radical (unpaired) electrons. The smallest absolute Gasteiger partial charge is 0.253 e. The number of ether oxygens (including phenoxy) is 1. The molecule has 0 saturated heterocycles. The normalized spacial score (nSPS) is 13.8. The number of pyridine rings is 1. The fourth-order valence-corrected chi connectivity index (χ4v) is 3.36. The van der Waals surface area contributed by atoms with Crippen LogP contribution in [0.2, 0.25) is 0 Å². The van der Waals surface area contributed by atoms with Gasteiger partial charge < -0.3 is 10.1 Å². The Morgan fingerprint density at radius 1 is 1.28 bits per heavy atom. The molecule has 1 aromatic carbocycles. The van der Waals surface area contributed by atoms with Crippen LogP contribution in [0.1, 0.15) is 33.9 Å². The summed E-state index contributed by atoms with van der Waals surface area (Å²) < 4.78 is 5.54. The molecular weight excluding hydrogens is 336 g/mol. The van der Waals surface area contributed by atoms with Crippen LogP contribution in [-0.4, -0.2) is 27.7 Å². The molecule has 1 amide bonds. The van der Waals surface area contributed by atoms with Crippen LogP contribution in [0.25, 0.3) is 11.1 Å². The highest BCUT2D eigenvalue weighted by Crippen LogP contribution is 2.30. The van der Waals surface area contributed by atoms with Gasteiger partial charge in [0, 0.05) is 24.4 Å². The number of fused-ring (bicyclic) bond motifs is 1. The quantitative estimate of drug-likeness (QED) is 0.781. The Bertz CT molecular complexity index is 911. The number of nitrogens with one attached hydrogen (secondary N) is 1. The summed E-state index contributed by atoms with van der Waals surface area (Å²) in [5.74, 6) is 0.762. The van der Waals surface area contributed by atoms with Gasteiger partial charge in [0.15, 0.2) is 0 Å². The largest absolute Gasteiger partial charge is 0.493 e. The summed E-state index contributed by atoms with van der Waals surface area (Å²) in [5, 5.41) is 11.5. The maximum absolute atomic E-state index is 12.5. The molecule has 6 nitrogen and oxygen atoms in total. The van der Waals surface area contributed by atoms with Crippen molar-refractivity contribution in [3.63, 3.8) is 0 Å². The van der Waals surface area contributed by atoms with Crippen LogP contribution in [0, 0.1) is 0 Å². The molecule has 2 aromatic heterocycles. The first-order chi connectivity index (χ1) is 12.2. The zero-order valence-electron chi connectivity index (χ0n) is 13.6. The van der Waals surface area contributed by atoms with Gasteiger partial charge in [-0.05, 0) is 36.2 Å². The summed E-state index contributed by atoms with van der Waals surface area (Å²) >= 11 is 1.42. The third-order valence-electron chi connectivity index (χ3n) is 4.12. The van der Waals surface area contributed by atoms with Crippen LogP contribution in [0.3, 0.4) is 0 Å². The van der Waals surface area contributed by atoms with Gasteiger partial charge in [0.1, 0.15) is 16.3 Å². The number of carbonyl (C=O) groups excluding carboxylic acids is 1. The maximum Gasteiger partial charge on any atom is 0.253 e. The average molecular weight is 352 g/mol. The summed E-state index contributed by atoms with van der Waals surface area (Å²) in [4.78, 5) is 16.7. The molecule has 3 heterocycles. The van der Waals surface area contributed by atoms with E-state index in [1.165, 1.54) is 16.9 Å². The Labute approximate surface area is 148 Å². The molecular formula is C18H16N4O2S. The van der Waals surface area contributed by atoms with Crippen LogP contribution >= 0.6 is 11.3 Å². The van der Waals surface area contributed by atoms with E-state index in [0.717, 1.165) is 34.9 Å². The topological polar surface area (TPSA) is 77.0 Å². The molecule has 1 atom stereocenters. The Morgan fingerprint density at radius 2 is 2.20 bits per heavy atom. The summed E-state index contributed by atoms with van der Waals surface area (Å²) in [6.45, 7) is 2.61. The first kappa shape index (κ1) is 15.7. The lowest BCUT2D eigenvalue weighted by Crippen LogP contribution is -2.26. The average Bonchev–Trinajstić information content (AvgIpc) is 3.32. The van der Waals surface area contributed by atoms with Crippen molar-refractivity contribution in [1.29, 1.82) is 0 Å². The SMILES string of the molecule is CC(NC(=O)c1cncc(-c2ccc3c(c2)CCO3)c1)c1nncs1. The molecule has 0 saturated carbocycles. The highest BCUT2D eigenvalue weighted by atomic mass is 32.1. The second kappa shape index (κ2) is 6.60. The van der Waals surface area contributed by atoms with Gasteiger partial charge >= 0.3 is 0 Å². The van der Waals surface area contributed by atoms with E-state index in [1.54, 1.807) is 17.9 Å². The van der Waals surface area contributed by atoms with Gasteiger partial charge in [-0.2, -0.15) is 0 Å². The number of hydrogen-bond donors (Lipinski definition) is 1. The van der Waals surface area contributed by atoms with Crippen molar-refractivity contribution in [2.45, 2.75) is 19.4 Å². The van der Waals surface area contributed by atoms with Crippen molar-refractivity contribution >= 4 is 17.2 Å². The molecule has 1 aliphatic heterocycles. The van der Waals surface area contributed by atoms with Crippen molar-refractivity contribution in [3.8, 4) is 16.9 Å². The van der Waals surface area contributed by atoms with E-state index in [1.807, 2.05) is 25.1 Å². The molecule has 0 spiro atoms. The zero-order chi connectivity index (χ0) is 17.2. The molecule has 126 valence electrons. The van der Waals surface area contributed by atoms with Crippen molar-refractivity contribution in [2.75, 3.05) is 6.61 Å². The first-order valence-electron chi connectivity index (χ1n) is 7.99. The Kier molecular flexibility index (Phi) is 4.15. The minimum atomic E-state index is -0.194. The van der Waals surface area contributed by atoms with Crippen LogP contribution in [0.5, 0.6) is 5.75 Å². The van der Waals surface area contributed by atoms with Crippen LogP contribution < -0.4 is 10.1 Å². The monoisotopic (exact) mass is 352 g/mol. The summed E-state index contributed by atoms with van der Waals surface area (Å²) in [5.41, 5.74) is 5.30. The minimum Gasteiger partial charge on any atom is -0.493 e. The van der Waals surface area contributed by atoms with Gasteiger partial charge in [-0.1, -0.05) is 6.07 Å². The molecule has 0 bridgehead atoms. The number of carbonyl (C=O) groups is 1. The van der Waals surface area contributed by atoms with Crippen LogP contribution in [-0.2, 0) is 6.42 Å². The van der Waals surface area contributed by atoms with Crippen molar-refractivity contribution in [1.82, 2.24) is 20.5 Å². The highest BCUT2D eigenvalue weighted by molar-refractivity contribution is 7.09. The van der Waals surface area contributed by atoms with Gasteiger partial charge in [0.2, 0.25) is 0 Å². The highest BCUT2D eigenvalue weighted by Gasteiger charge is 2.16. The lowest BCUT2D eigenvalue weighted by molar-refractivity contribution is 0.0939. The van der Waals surface area contributed by atoms with E-state index in [4.69, 9.17) is 4.74 Å². The van der Waals surface area contributed by atoms with Gasteiger partial charge in [-0.3, -0.25) is 9.78 Å². The van der Waals surface area contributed by atoms with Gasteiger partial charge in [0.25, 0.3) is 5.91 Å². The van der Waals surface area contributed by atoms with Crippen molar-refractivity contribution in [2.24, 2.45) is 0 Å². The van der Waals surface area contributed by atoms with E-state index in [0.29, 0.717) is 5.56 Å². The Morgan fingerprint density at radius 3 is 3.04 bits per heavy atom. The van der Waals surface area contributed by atoms with Crippen molar-refractivity contribution < 1.29 is 9.53 Å². The van der Waals surface area contributed by atoms with E-state index in [2.05, 4.69) is 26.6 Å². The van der Waals surface area contributed by atoms with E-state index in [-0.39, 0.29) is 11.9 Å². The van der Waals surface area contributed by atoms with Gasteiger partial charge in [-0.25, -0.2) is 0 Å². The molecule has 25 heavy (non-hydrogen) atoms. The number of aromatic nitrogens is 3. The number of nitrogens with zero attached hydrogens (tertiary/aromatic N) is 3. The Balaban J connectivity index is 1.56. The van der Waals surface area contributed by atoms with E-state index in [9.17, 15) is 4.79 Å². The van der Waals surface area contributed by atoms with Gasteiger partial charge in [0.05, 0.1) is 18.2 Å².